The van der Waals surface area contributed by atoms with Crippen LogP contribution >= 0.6 is 23.4 Å². The molecule has 1 rings (SSSR count). The lowest BCUT2D eigenvalue weighted by Gasteiger charge is -2.23. The number of halogens is 1. The number of hydrogen-bond donors (Lipinski definition) is 0. The molecule has 1 saturated heterocycles. The predicted octanol–water partition coefficient (Wildman–Crippen LogP) is 2.36. The first-order valence-corrected chi connectivity index (χ1v) is 6.84. The van der Waals surface area contributed by atoms with E-state index in [4.69, 9.17) is 11.6 Å². The number of nitrogens with zero attached hydrogens (tertiary/aromatic N) is 1. The summed E-state index contributed by atoms with van der Waals surface area (Å²) in [6, 6.07) is 0. The minimum absolute atomic E-state index is 0.213. The highest BCUT2D eigenvalue weighted by Gasteiger charge is 2.26. The van der Waals surface area contributed by atoms with Gasteiger partial charge in [0, 0.05) is 19.0 Å². The zero-order valence-corrected chi connectivity index (χ0v) is 10.2. The number of rotatable bonds is 5. The van der Waals surface area contributed by atoms with Crippen LogP contribution in [-0.4, -0.2) is 40.8 Å². The molecule has 4 heteroatoms. The summed E-state index contributed by atoms with van der Waals surface area (Å²) in [6.07, 6.45) is 3.24. The summed E-state index contributed by atoms with van der Waals surface area (Å²) in [6.45, 7) is 3.64. The Labute approximate surface area is 95.4 Å². The maximum Gasteiger partial charge on any atom is 0.235 e. The molecule has 0 aromatic heterocycles. The molecule has 0 aromatic carbocycles. The average molecular weight is 236 g/mol. The van der Waals surface area contributed by atoms with Crippen molar-refractivity contribution in [1.82, 2.24) is 4.90 Å². The van der Waals surface area contributed by atoms with Crippen molar-refractivity contribution in [2.45, 2.75) is 31.4 Å². The Morgan fingerprint density at radius 1 is 1.57 bits per heavy atom. The van der Waals surface area contributed by atoms with Crippen LogP contribution in [0, 0.1) is 0 Å². The molecule has 0 saturated carbocycles. The van der Waals surface area contributed by atoms with Crippen LogP contribution in [0.15, 0.2) is 0 Å². The standard InChI is InChI=1S/C10H18ClNOS/c1-2-6-12(7-5-11)10(13)9-4-3-8-14-9/h9H,2-8H2,1H3. The minimum atomic E-state index is 0.213. The van der Waals surface area contributed by atoms with E-state index >= 15 is 0 Å². The lowest BCUT2D eigenvalue weighted by molar-refractivity contribution is -0.130. The Kier molecular flexibility index (Phi) is 5.71. The van der Waals surface area contributed by atoms with Crippen LogP contribution in [-0.2, 0) is 4.79 Å². The minimum Gasteiger partial charge on any atom is -0.341 e. The summed E-state index contributed by atoms with van der Waals surface area (Å²) < 4.78 is 0. The van der Waals surface area contributed by atoms with Crippen molar-refractivity contribution in [1.29, 1.82) is 0 Å². The van der Waals surface area contributed by atoms with Crippen LogP contribution < -0.4 is 0 Å². The fraction of sp³-hybridized carbons (Fsp3) is 0.900. The fourth-order valence-electron chi connectivity index (χ4n) is 1.68. The largest absolute Gasteiger partial charge is 0.341 e. The first-order valence-electron chi connectivity index (χ1n) is 5.26. The molecule has 82 valence electrons. The molecule has 1 aliphatic rings. The van der Waals surface area contributed by atoms with E-state index in [0.717, 1.165) is 25.1 Å². The second kappa shape index (κ2) is 6.57. The van der Waals surface area contributed by atoms with Gasteiger partial charge < -0.3 is 4.90 Å². The van der Waals surface area contributed by atoms with Gasteiger partial charge in [-0.05, 0) is 25.0 Å². The van der Waals surface area contributed by atoms with Gasteiger partial charge in [0.2, 0.25) is 5.91 Å². The molecule has 1 fully saturated rings. The van der Waals surface area contributed by atoms with Gasteiger partial charge in [0.1, 0.15) is 0 Å². The van der Waals surface area contributed by atoms with Gasteiger partial charge in [0.05, 0.1) is 5.25 Å². The predicted molar refractivity (Wildman–Crippen MR) is 63.1 cm³/mol. The third-order valence-corrected chi connectivity index (χ3v) is 3.90. The topological polar surface area (TPSA) is 20.3 Å². The SMILES string of the molecule is CCCN(CCCl)C(=O)C1CCCS1. The Balaban J connectivity index is 2.43. The number of alkyl halides is 1. The highest BCUT2D eigenvalue weighted by atomic mass is 35.5. The van der Waals surface area contributed by atoms with Gasteiger partial charge in [-0.1, -0.05) is 6.92 Å². The van der Waals surface area contributed by atoms with Gasteiger partial charge in [-0.2, -0.15) is 0 Å². The average Bonchev–Trinajstić information content (AvgIpc) is 2.69. The third kappa shape index (κ3) is 3.35. The lowest BCUT2D eigenvalue weighted by Crippen LogP contribution is -2.38. The highest BCUT2D eigenvalue weighted by Crippen LogP contribution is 2.27. The third-order valence-electron chi connectivity index (χ3n) is 2.36. The first-order chi connectivity index (χ1) is 6.79. The van der Waals surface area contributed by atoms with Gasteiger partial charge in [-0.3, -0.25) is 4.79 Å². The smallest absolute Gasteiger partial charge is 0.235 e. The number of thioether (sulfide) groups is 1. The van der Waals surface area contributed by atoms with E-state index in [1.807, 2.05) is 4.90 Å². The molecular weight excluding hydrogens is 218 g/mol. The second-order valence-electron chi connectivity index (χ2n) is 3.52. The van der Waals surface area contributed by atoms with Crippen molar-refractivity contribution < 1.29 is 4.79 Å². The van der Waals surface area contributed by atoms with E-state index in [9.17, 15) is 4.79 Å². The van der Waals surface area contributed by atoms with E-state index in [1.54, 1.807) is 11.8 Å². The van der Waals surface area contributed by atoms with E-state index in [2.05, 4.69) is 6.92 Å². The zero-order valence-electron chi connectivity index (χ0n) is 8.67. The molecule has 0 N–H and O–H groups in total. The Morgan fingerprint density at radius 2 is 2.36 bits per heavy atom. The van der Waals surface area contributed by atoms with Gasteiger partial charge in [-0.15, -0.1) is 23.4 Å². The molecule has 0 bridgehead atoms. The molecule has 0 aromatic rings. The van der Waals surface area contributed by atoms with E-state index < -0.39 is 0 Å². The Morgan fingerprint density at radius 3 is 2.86 bits per heavy atom. The van der Waals surface area contributed by atoms with Crippen molar-refractivity contribution in [3.05, 3.63) is 0 Å². The van der Waals surface area contributed by atoms with Gasteiger partial charge in [0.15, 0.2) is 0 Å². The van der Waals surface area contributed by atoms with Gasteiger partial charge in [0.25, 0.3) is 0 Å². The summed E-state index contributed by atoms with van der Waals surface area (Å²) in [4.78, 5) is 13.9. The fourth-order valence-corrected chi connectivity index (χ4v) is 3.13. The van der Waals surface area contributed by atoms with Crippen LogP contribution in [0.3, 0.4) is 0 Å². The molecule has 1 heterocycles. The normalized spacial score (nSPS) is 21.1. The summed E-state index contributed by atoms with van der Waals surface area (Å²) >= 11 is 7.48. The number of hydrogen-bond acceptors (Lipinski definition) is 2. The molecule has 1 amide bonds. The molecule has 0 spiro atoms. The van der Waals surface area contributed by atoms with Crippen LogP contribution in [0.4, 0.5) is 0 Å². The summed E-state index contributed by atoms with van der Waals surface area (Å²) in [5.74, 6) is 1.98. The maximum absolute atomic E-state index is 12.0. The van der Waals surface area contributed by atoms with E-state index in [1.165, 1.54) is 6.42 Å². The lowest BCUT2D eigenvalue weighted by atomic mass is 10.2. The molecule has 14 heavy (non-hydrogen) atoms. The van der Waals surface area contributed by atoms with Gasteiger partial charge in [-0.25, -0.2) is 0 Å². The van der Waals surface area contributed by atoms with Crippen molar-refractivity contribution in [3.63, 3.8) is 0 Å². The highest BCUT2D eigenvalue weighted by molar-refractivity contribution is 8.00. The van der Waals surface area contributed by atoms with Crippen LogP contribution in [0.1, 0.15) is 26.2 Å². The molecule has 0 aliphatic carbocycles. The first kappa shape index (κ1) is 12.2. The van der Waals surface area contributed by atoms with Crippen LogP contribution in [0.2, 0.25) is 0 Å². The quantitative estimate of drug-likeness (QED) is 0.682. The van der Waals surface area contributed by atoms with Crippen molar-refractivity contribution in [3.8, 4) is 0 Å². The maximum atomic E-state index is 12.0. The molecule has 1 unspecified atom stereocenters. The number of carbonyl (C=O) groups is 1. The summed E-state index contributed by atoms with van der Waals surface area (Å²) in [5.41, 5.74) is 0. The molecule has 1 atom stereocenters. The van der Waals surface area contributed by atoms with Crippen molar-refractivity contribution >= 4 is 29.3 Å². The molecule has 0 radical (unpaired) electrons. The van der Waals surface area contributed by atoms with E-state index in [0.29, 0.717) is 18.3 Å². The molecule has 2 nitrogen and oxygen atoms in total. The monoisotopic (exact) mass is 235 g/mol. The number of amides is 1. The van der Waals surface area contributed by atoms with Crippen molar-refractivity contribution in [2.75, 3.05) is 24.7 Å². The van der Waals surface area contributed by atoms with Gasteiger partial charge >= 0.3 is 0 Å². The van der Waals surface area contributed by atoms with Crippen molar-refractivity contribution in [2.24, 2.45) is 0 Å². The molecule has 1 aliphatic heterocycles. The Bertz CT molecular complexity index is 177. The number of carbonyl (C=O) groups excluding carboxylic acids is 1. The summed E-state index contributed by atoms with van der Waals surface area (Å²) in [7, 11) is 0. The molecular formula is C10H18ClNOS. The zero-order chi connectivity index (χ0) is 10.4. The van der Waals surface area contributed by atoms with E-state index in [-0.39, 0.29) is 5.25 Å². The summed E-state index contributed by atoms with van der Waals surface area (Å²) in [5, 5.41) is 0.213. The Hall–Kier alpha value is 0.110. The van der Waals surface area contributed by atoms with Crippen LogP contribution in [0.5, 0.6) is 0 Å². The second-order valence-corrected chi connectivity index (χ2v) is 5.20. The van der Waals surface area contributed by atoms with Crippen LogP contribution in [0.25, 0.3) is 0 Å².